The molecule has 1 unspecified atom stereocenters. The van der Waals surface area contributed by atoms with Crippen molar-refractivity contribution in [3.8, 4) is 5.75 Å². The molecule has 0 aliphatic carbocycles. The Balaban J connectivity index is 2.28. The van der Waals surface area contributed by atoms with Crippen molar-refractivity contribution in [2.24, 2.45) is 0 Å². The van der Waals surface area contributed by atoms with Gasteiger partial charge in [0.1, 0.15) is 5.75 Å². The third-order valence-electron chi connectivity index (χ3n) is 4.51. The second-order valence-electron chi connectivity index (χ2n) is 5.96. The average molecular weight is 351 g/mol. The van der Waals surface area contributed by atoms with Crippen molar-refractivity contribution in [2.45, 2.75) is 18.9 Å². The van der Waals surface area contributed by atoms with E-state index < -0.39 is 11.5 Å². The maximum atomic E-state index is 13.4. The van der Waals surface area contributed by atoms with Crippen molar-refractivity contribution in [1.29, 1.82) is 0 Å². The van der Waals surface area contributed by atoms with Crippen molar-refractivity contribution in [3.05, 3.63) is 66.7 Å². The van der Waals surface area contributed by atoms with Gasteiger partial charge in [0.2, 0.25) is 11.3 Å². The third kappa shape index (κ3) is 2.56. The molecule has 26 heavy (non-hydrogen) atoms. The van der Waals surface area contributed by atoms with Crippen molar-refractivity contribution >= 4 is 23.1 Å². The molecular weight excluding hydrogens is 330 g/mol. The predicted octanol–water partition coefficient (Wildman–Crippen LogP) is 3.91. The van der Waals surface area contributed by atoms with Crippen LogP contribution >= 0.6 is 0 Å². The van der Waals surface area contributed by atoms with Crippen LogP contribution in [0.1, 0.15) is 23.7 Å². The van der Waals surface area contributed by atoms with Gasteiger partial charge in [-0.05, 0) is 37.3 Å². The fourth-order valence-electron chi connectivity index (χ4n) is 3.40. The second-order valence-corrected chi connectivity index (χ2v) is 5.96. The lowest BCUT2D eigenvalue weighted by molar-refractivity contribution is -0.147. The highest BCUT2D eigenvalue weighted by Gasteiger charge is 2.58. The zero-order valence-corrected chi connectivity index (χ0v) is 14.9. The number of hydrogen-bond acceptors (Lipinski definition) is 5. The lowest BCUT2D eigenvalue weighted by Crippen LogP contribution is -2.55. The number of anilines is 2. The summed E-state index contributed by atoms with van der Waals surface area (Å²) in [6.07, 6.45) is 1.71. The van der Waals surface area contributed by atoms with Crippen LogP contribution in [0.3, 0.4) is 0 Å². The number of para-hydroxylation sites is 1. The quantitative estimate of drug-likeness (QED) is 0.449. The first kappa shape index (κ1) is 17.7. The van der Waals surface area contributed by atoms with E-state index in [1.807, 2.05) is 30.3 Å². The van der Waals surface area contributed by atoms with E-state index in [4.69, 9.17) is 9.47 Å². The first-order chi connectivity index (χ1) is 12.6. The van der Waals surface area contributed by atoms with E-state index in [0.717, 1.165) is 5.69 Å². The Morgan fingerprint density at radius 2 is 1.96 bits per heavy atom. The van der Waals surface area contributed by atoms with Gasteiger partial charge in [-0.15, -0.1) is 6.58 Å². The Hall–Kier alpha value is -3.08. The summed E-state index contributed by atoms with van der Waals surface area (Å²) in [6.45, 7) is 5.67. The molecule has 0 radical (unpaired) electrons. The van der Waals surface area contributed by atoms with Crippen molar-refractivity contribution < 1.29 is 19.1 Å². The third-order valence-corrected chi connectivity index (χ3v) is 4.51. The zero-order chi connectivity index (χ0) is 18.7. The van der Waals surface area contributed by atoms with E-state index in [-0.39, 0.29) is 18.8 Å². The maximum absolute atomic E-state index is 13.4. The van der Waals surface area contributed by atoms with Crippen LogP contribution in [0.2, 0.25) is 0 Å². The summed E-state index contributed by atoms with van der Waals surface area (Å²) in [5.74, 6) is -0.333. The molecule has 0 fully saturated rings. The van der Waals surface area contributed by atoms with Gasteiger partial charge in [-0.3, -0.25) is 4.79 Å². The van der Waals surface area contributed by atoms with Crippen molar-refractivity contribution in [1.82, 2.24) is 0 Å². The van der Waals surface area contributed by atoms with Crippen LogP contribution < -0.4 is 9.64 Å². The Morgan fingerprint density at radius 3 is 2.58 bits per heavy atom. The molecular formula is C21H21NO4. The number of benzene rings is 2. The standard InChI is InChI=1S/C21H21NO4/c1-4-13-21(20(24)26-5-2)19(23)17-14-16(25-3)11-12-18(17)22(21)15-9-7-6-8-10-15/h4,6-12,14H,1,5,13H2,2-3H3. The molecule has 5 heteroatoms. The molecule has 0 N–H and O–H groups in total. The number of methoxy groups -OCH3 is 1. The topological polar surface area (TPSA) is 55.8 Å². The highest BCUT2D eigenvalue weighted by atomic mass is 16.5. The molecule has 2 aromatic rings. The van der Waals surface area contributed by atoms with E-state index in [2.05, 4.69) is 6.58 Å². The average Bonchev–Trinajstić information content (AvgIpc) is 2.92. The Morgan fingerprint density at radius 1 is 1.23 bits per heavy atom. The minimum Gasteiger partial charge on any atom is -0.497 e. The largest absolute Gasteiger partial charge is 0.497 e. The number of ketones is 1. The van der Waals surface area contributed by atoms with Crippen LogP contribution in [-0.4, -0.2) is 31.0 Å². The minimum absolute atomic E-state index is 0.135. The summed E-state index contributed by atoms with van der Waals surface area (Å²) in [5, 5.41) is 0. The highest BCUT2D eigenvalue weighted by molar-refractivity contribution is 6.26. The fraction of sp³-hybridized carbons (Fsp3) is 0.238. The molecule has 0 saturated carbocycles. The van der Waals surface area contributed by atoms with E-state index in [0.29, 0.717) is 17.0 Å². The molecule has 3 rings (SSSR count). The lowest BCUT2D eigenvalue weighted by Gasteiger charge is -2.36. The van der Waals surface area contributed by atoms with Crippen LogP contribution in [0.25, 0.3) is 0 Å². The normalized spacial score (nSPS) is 18.4. The van der Waals surface area contributed by atoms with Gasteiger partial charge >= 0.3 is 5.97 Å². The summed E-state index contributed by atoms with van der Waals surface area (Å²) >= 11 is 0. The Kier molecular flexibility index (Phi) is 4.80. The van der Waals surface area contributed by atoms with Gasteiger partial charge < -0.3 is 14.4 Å². The number of hydrogen-bond donors (Lipinski definition) is 0. The molecule has 1 atom stereocenters. The van der Waals surface area contributed by atoms with Crippen LogP contribution in [0.5, 0.6) is 5.75 Å². The molecule has 0 spiro atoms. The lowest BCUT2D eigenvalue weighted by atomic mass is 9.88. The summed E-state index contributed by atoms with van der Waals surface area (Å²) in [7, 11) is 1.54. The number of nitrogens with zero attached hydrogens (tertiary/aromatic N) is 1. The van der Waals surface area contributed by atoms with Crippen LogP contribution in [-0.2, 0) is 9.53 Å². The molecule has 1 heterocycles. The molecule has 0 aromatic heterocycles. The Labute approximate surface area is 152 Å². The summed E-state index contributed by atoms with van der Waals surface area (Å²) in [4.78, 5) is 28.2. The number of Topliss-reactive ketones (excluding diaryl/α,β-unsaturated/α-hetero) is 1. The molecule has 5 nitrogen and oxygen atoms in total. The van der Waals surface area contributed by atoms with E-state index >= 15 is 0 Å². The SMILES string of the molecule is C=CCC1(C(=O)OCC)C(=O)c2cc(OC)ccc2N1c1ccccc1. The predicted molar refractivity (Wildman–Crippen MR) is 100 cm³/mol. The number of fused-ring (bicyclic) bond motifs is 1. The van der Waals surface area contributed by atoms with Crippen molar-refractivity contribution in [3.63, 3.8) is 0 Å². The van der Waals surface area contributed by atoms with Crippen LogP contribution in [0, 0.1) is 0 Å². The zero-order valence-electron chi connectivity index (χ0n) is 14.9. The highest BCUT2D eigenvalue weighted by Crippen LogP contribution is 2.47. The Bertz CT molecular complexity index is 846. The van der Waals surface area contributed by atoms with E-state index in [9.17, 15) is 9.59 Å². The van der Waals surface area contributed by atoms with Gasteiger partial charge in [0, 0.05) is 17.7 Å². The number of carbonyl (C=O) groups is 2. The second kappa shape index (κ2) is 7.04. The summed E-state index contributed by atoms with van der Waals surface area (Å²) in [5.41, 5.74) is 0.313. The summed E-state index contributed by atoms with van der Waals surface area (Å²) in [6, 6.07) is 14.6. The van der Waals surface area contributed by atoms with Crippen LogP contribution in [0.15, 0.2) is 61.2 Å². The minimum atomic E-state index is -1.51. The van der Waals surface area contributed by atoms with Gasteiger partial charge in [0.25, 0.3) is 0 Å². The molecule has 2 aromatic carbocycles. The van der Waals surface area contributed by atoms with Gasteiger partial charge in [-0.25, -0.2) is 4.79 Å². The number of ether oxygens (including phenoxy) is 2. The van der Waals surface area contributed by atoms with Gasteiger partial charge in [0.05, 0.1) is 19.4 Å². The first-order valence-corrected chi connectivity index (χ1v) is 8.46. The molecule has 134 valence electrons. The molecule has 1 aliphatic heterocycles. The molecule has 0 amide bonds. The first-order valence-electron chi connectivity index (χ1n) is 8.46. The van der Waals surface area contributed by atoms with E-state index in [1.54, 1.807) is 43.2 Å². The number of rotatable bonds is 6. The maximum Gasteiger partial charge on any atom is 0.340 e. The number of carbonyl (C=O) groups excluding carboxylic acids is 2. The van der Waals surface area contributed by atoms with Gasteiger partial charge in [-0.2, -0.15) is 0 Å². The fourth-order valence-corrected chi connectivity index (χ4v) is 3.40. The number of esters is 1. The molecule has 0 saturated heterocycles. The van der Waals surface area contributed by atoms with Gasteiger partial charge in [0.15, 0.2) is 0 Å². The van der Waals surface area contributed by atoms with Crippen molar-refractivity contribution in [2.75, 3.05) is 18.6 Å². The van der Waals surface area contributed by atoms with Crippen LogP contribution in [0.4, 0.5) is 11.4 Å². The molecule has 0 bridgehead atoms. The smallest absolute Gasteiger partial charge is 0.340 e. The molecule has 1 aliphatic rings. The monoisotopic (exact) mass is 351 g/mol. The van der Waals surface area contributed by atoms with Gasteiger partial charge in [-0.1, -0.05) is 24.3 Å². The van der Waals surface area contributed by atoms with E-state index in [1.165, 1.54) is 0 Å². The summed E-state index contributed by atoms with van der Waals surface area (Å²) < 4.78 is 10.6.